The van der Waals surface area contributed by atoms with Crippen molar-refractivity contribution in [3.63, 3.8) is 0 Å². The summed E-state index contributed by atoms with van der Waals surface area (Å²) < 4.78 is 0. The zero-order valence-corrected chi connectivity index (χ0v) is 10.4. The largest absolute Gasteiger partial charge is 0.351 e. The van der Waals surface area contributed by atoms with Crippen LogP contribution in [-0.4, -0.2) is 23.5 Å². The van der Waals surface area contributed by atoms with E-state index in [-0.39, 0.29) is 18.0 Å². The summed E-state index contributed by atoms with van der Waals surface area (Å²) in [5, 5.41) is 8.85. The van der Waals surface area contributed by atoms with Crippen LogP contribution in [0.15, 0.2) is 24.2 Å². The number of thiazole rings is 1. The average Bonchev–Trinajstić information content (AvgIpc) is 2.79. The second-order valence-electron chi connectivity index (χ2n) is 3.51. The van der Waals surface area contributed by atoms with Crippen molar-refractivity contribution < 1.29 is 4.79 Å². The highest BCUT2D eigenvalue weighted by molar-refractivity contribution is 7.09. The van der Waals surface area contributed by atoms with E-state index in [1.54, 1.807) is 23.6 Å². The highest BCUT2D eigenvalue weighted by atomic mass is 32.1. The zero-order chi connectivity index (χ0) is 12.0. The smallest absolute Gasteiger partial charge is 0.237 e. The minimum absolute atomic E-state index is 0.0247. The highest BCUT2D eigenvalue weighted by Crippen LogP contribution is 2.15. The van der Waals surface area contributed by atoms with Gasteiger partial charge >= 0.3 is 0 Å². The van der Waals surface area contributed by atoms with E-state index in [9.17, 15) is 4.79 Å². The predicted octanol–water partition coefficient (Wildman–Crippen LogP) is 1.48. The van der Waals surface area contributed by atoms with Crippen molar-refractivity contribution in [3.8, 4) is 0 Å². The van der Waals surface area contributed by atoms with Crippen molar-refractivity contribution in [2.24, 2.45) is 0 Å². The summed E-state index contributed by atoms with van der Waals surface area (Å²) in [7, 11) is 0. The Bertz CT molecular complexity index is 337. The Morgan fingerprint density at radius 2 is 2.44 bits per heavy atom. The lowest BCUT2D eigenvalue weighted by molar-refractivity contribution is -0.122. The van der Waals surface area contributed by atoms with E-state index in [1.165, 1.54) is 0 Å². The second kappa shape index (κ2) is 6.40. The fraction of sp³-hybridized carbons (Fsp3) is 0.455. The van der Waals surface area contributed by atoms with E-state index in [1.807, 2.05) is 19.2 Å². The molecule has 1 rings (SSSR count). The van der Waals surface area contributed by atoms with Crippen molar-refractivity contribution >= 4 is 17.2 Å². The molecule has 1 heterocycles. The van der Waals surface area contributed by atoms with Gasteiger partial charge in [0, 0.05) is 18.1 Å². The van der Waals surface area contributed by atoms with Gasteiger partial charge in [-0.3, -0.25) is 10.1 Å². The Kier molecular flexibility index (Phi) is 5.14. The minimum Gasteiger partial charge on any atom is -0.351 e. The quantitative estimate of drug-likeness (QED) is 0.739. The first-order valence-electron chi connectivity index (χ1n) is 5.19. The van der Waals surface area contributed by atoms with Gasteiger partial charge in [0.15, 0.2) is 0 Å². The number of rotatable bonds is 6. The van der Waals surface area contributed by atoms with Gasteiger partial charge in [0.2, 0.25) is 5.91 Å². The normalized spacial score (nSPS) is 14.1. The molecule has 0 bridgehead atoms. The SMILES string of the molecule is C=CCNC(=O)C(C)NC(C)c1nccs1. The third-order valence-corrected chi connectivity index (χ3v) is 3.09. The van der Waals surface area contributed by atoms with E-state index >= 15 is 0 Å². The molecule has 88 valence electrons. The van der Waals surface area contributed by atoms with Gasteiger partial charge in [0.25, 0.3) is 0 Å². The topological polar surface area (TPSA) is 54.0 Å². The van der Waals surface area contributed by atoms with E-state index in [2.05, 4.69) is 22.2 Å². The molecule has 0 saturated carbocycles. The Hall–Kier alpha value is -1.20. The summed E-state index contributed by atoms with van der Waals surface area (Å²) in [6.45, 7) is 7.88. The van der Waals surface area contributed by atoms with Crippen LogP contribution in [0.1, 0.15) is 24.9 Å². The van der Waals surface area contributed by atoms with Crippen LogP contribution in [0.4, 0.5) is 0 Å². The molecule has 16 heavy (non-hydrogen) atoms. The van der Waals surface area contributed by atoms with Crippen LogP contribution in [0.2, 0.25) is 0 Å². The third kappa shape index (κ3) is 3.75. The first-order chi connectivity index (χ1) is 7.65. The van der Waals surface area contributed by atoms with Crippen LogP contribution in [-0.2, 0) is 4.79 Å². The fourth-order valence-electron chi connectivity index (χ4n) is 1.30. The predicted molar refractivity (Wildman–Crippen MR) is 66.3 cm³/mol. The Labute approximate surface area is 99.8 Å². The fourth-order valence-corrected chi connectivity index (χ4v) is 1.95. The van der Waals surface area contributed by atoms with Crippen LogP contribution in [0, 0.1) is 0 Å². The first kappa shape index (κ1) is 12.9. The first-order valence-corrected chi connectivity index (χ1v) is 6.07. The molecule has 0 spiro atoms. The number of carbonyl (C=O) groups is 1. The van der Waals surface area contributed by atoms with Crippen LogP contribution in [0.25, 0.3) is 0 Å². The highest BCUT2D eigenvalue weighted by Gasteiger charge is 2.16. The van der Waals surface area contributed by atoms with E-state index < -0.39 is 0 Å². The Morgan fingerprint density at radius 3 is 3.00 bits per heavy atom. The van der Waals surface area contributed by atoms with Crippen molar-refractivity contribution in [1.82, 2.24) is 15.6 Å². The number of nitrogens with one attached hydrogen (secondary N) is 2. The molecule has 0 radical (unpaired) electrons. The van der Waals surface area contributed by atoms with Crippen LogP contribution >= 0.6 is 11.3 Å². The van der Waals surface area contributed by atoms with Gasteiger partial charge in [-0.15, -0.1) is 17.9 Å². The van der Waals surface area contributed by atoms with Crippen LogP contribution < -0.4 is 10.6 Å². The van der Waals surface area contributed by atoms with Gasteiger partial charge in [0.1, 0.15) is 5.01 Å². The molecule has 5 heteroatoms. The summed E-state index contributed by atoms with van der Waals surface area (Å²) in [6.07, 6.45) is 3.43. The number of amides is 1. The van der Waals surface area contributed by atoms with Gasteiger partial charge in [-0.25, -0.2) is 4.98 Å². The molecule has 1 aromatic rings. The molecule has 1 amide bonds. The van der Waals surface area contributed by atoms with E-state index in [0.29, 0.717) is 6.54 Å². The molecule has 4 nitrogen and oxygen atoms in total. The van der Waals surface area contributed by atoms with Gasteiger partial charge < -0.3 is 5.32 Å². The molecule has 2 unspecified atom stereocenters. The number of hydrogen-bond donors (Lipinski definition) is 2. The van der Waals surface area contributed by atoms with E-state index in [0.717, 1.165) is 5.01 Å². The summed E-state index contributed by atoms with van der Waals surface area (Å²) >= 11 is 1.58. The van der Waals surface area contributed by atoms with Crippen LogP contribution in [0.3, 0.4) is 0 Å². The number of hydrogen-bond acceptors (Lipinski definition) is 4. The van der Waals surface area contributed by atoms with Crippen LogP contribution in [0.5, 0.6) is 0 Å². The molecule has 0 aromatic carbocycles. The third-order valence-electron chi connectivity index (χ3n) is 2.14. The number of aromatic nitrogens is 1. The molecule has 0 saturated heterocycles. The monoisotopic (exact) mass is 239 g/mol. The number of carbonyl (C=O) groups excluding carboxylic acids is 1. The molecular weight excluding hydrogens is 222 g/mol. The summed E-state index contributed by atoms with van der Waals surface area (Å²) in [4.78, 5) is 15.8. The number of nitrogens with zero attached hydrogens (tertiary/aromatic N) is 1. The Balaban J connectivity index is 2.41. The van der Waals surface area contributed by atoms with Gasteiger partial charge in [-0.2, -0.15) is 0 Å². The zero-order valence-electron chi connectivity index (χ0n) is 9.56. The lowest BCUT2D eigenvalue weighted by atomic mass is 10.2. The molecule has 0 aliphatic rings. The molecule has 1 aromatic heterocycles. The van der Waals surface area contributed by atoms with Crippen molar-refractivity contribution in [2.45, 2.75) is 25.9 Å². The second-order valence-corrected chi connectivity index (χ2v) is 4.44. The Morgan fingerprint density at radius 1 is 1.69 bits per heavy atom. The molecule has 0 aliphatic carbocycles. The van der Waals surface area contributed by atoms with E-state index in [4.69, 9.17) is 0 Å². The maximum atomic E-state index is 11.6. The minimum atomic E-state index is -0.237. The van der Waals surface area contributed by atoms with Gasteiger partial charge in [-0.05, 0) is 13.8 Å². The van der Waals surface area contributed by atoms with Crippen molar-refractivity contribution in [1.29, 1.82) is 0 Å². The van der Waals surface area contributed by atoms with Gasteiger partial charge in [-0.1, -0.05) is 6.08 Å². The lowest BCUT2D eigenvalue weighted by Gasteiger charge is -2.17. The lowest BCUT2D eigenvalue weighted by Crippen LogP contribution is -2.43. The summed E-state index contributed by atoms with van der Waals surface area (Å²) in [6, 6.07) is -0.150. The summed E-state index contributed by atoms with van der Waals surface area (Å²) in [5.41, 5.74) is 0. The van der Waals surface area contributed by atoms with Crippen molar-refractivity contribution in [2.75, 3.05) is 6.54 Å². The standard InChI is InChI=1S/C11H17N3OS/c1-4-5-12-10(15)8(2)14-9(3)11-13-6-7-16-11/h4,6-9,14H,1,5H2,2-3H3,(H,12,15). The molecule has 2 atom stereocenters. The maximum absolute atomic E-state index is 11.6. The molecule has 0 fully saturated rings. The molecule has 0 aliphatic heterocycles. The average molecular weight is 239 g/mol. The molecular formula is C11H17N3OS. The maximum Gasteiger partial charge on any atom is 0.237 e. The van der Waals surface area contributed by atoms with Crippen molar-refractivity contribution in [3.05, 3.63) is 29.2 Å². The van der Waals surface area contributed by atoms with Gasteiger partial charge in [0.05, 0.1) is 12.1 Å². The molecule has 2 N–H and O–H groups in total. The summed E-state index contributed by atoms with van der Waals surface area (Å²) in [5.74, 6) is -0.0247.